The molecule has 8 heteroatoms. The second kappa shape index (κ2) is 8.55. The first-order valence-electron chi connectivity index (χ1n) is 9.74. The van der Waals surface area contributed by atoms with Crippen LogP contribution in [0.15, 0.2) is 24.3 Å². The Morgan fingerprint density at radius 3 is 2.14 bits per heavy atom. The number of likely N-dealkylation sites (tertiary alicyclic amines) is 1. The Balaban J connectivity index is 1.53. The summed E-state index contributed by atoms with van der Waals surface area (Å²) in [6.07, 6.45) is 3.14. The van der Waals surface area contributed by atoms with E-state index < -0.39 is 24.5 Å². The van der Waals surface area contributed by atoms with E-state index in [4.69, 9.17) is 4.74 Å². The molecule has 1 heterocycles. The Kier molecular flexibility index (Phi) is 6.10. The van der Waals surface area contributed by atoms with Crippen molar-refractivity contribution >= 4 is 35.2 Å². The van der Waals surface area contributed by atoms with E-state index in [1.54, 1.807) is 24.3 Å². The van der Waals surface area contributed by atoms with E-state index >= 15 is 0 Å². The highest BCUT2D eigenvalue weighted by molar-refractivity contribution is 6.08. The lowest BCUT2D eigenvalue weighted by Gasteiger charge is -2.21. The lowest BCUT2D eigenvalue weighted by molar-refractivity contribution is -0.159. The first-order chi connectivity index (χ1) is 13.8. The van der Waals surface area contributed by atoms with Gasteiger partial charge in [-0.15, -0.1) is 0 Å². The number of ether oxygens (including phenoxy) is 1. The zero-order valence-corrected chi connectivity index (χ0v) is 16.5. The number of rotatable bonds is 6. The van der Waals surface area contributed by atoms with Crippen molar-refractivity contribution in [3.8, 4) is 0 Å². The normalized spacial score (nSPS) is 22.1. The quantitative estimate of drug-likeness (QED) is 0.444. The van der Waals surface area contributed by atoms with Crippen molar-refractivity contribution in [2.75, 3.05) is 11.9 Å². The number of imide groups is 1. The van der Waals surface area contributed by atoms with Crippen LogP contribution in [0, 0.1) is 11.8 Å². The van der Waals surface area contributed by atoms with Gasteiger partial charge in [0.1, 0.15) is 6.04 Å². The van der Waals surface area contributed by atoms with Gasteiger partial charge in [0.15, 0.2) is 12.4 Å². The zero-order chi connectivity index (χ0) is 21.1. The molecule has 29 heavy (non-hydrogen) atoms. The summed E-state index contributed by atoms with van der Waals surface area (Å²) in [5.41, 5.74) is 0.974. The van der Waals surface area contributed by atoms with E-state index in [1.807, 2.05) is 0 Å². The third-order valence-corrected chi connectivity index (χ3v) is 5.52. The Morgan fingerprint density at radius 2 is 1.62 bits per heavy atom. The molecular formula is C21H24N2O6. The van der Waals surface area contributed by atoms with E-state index in [0.29, 0.717) is 24.1 Å². The van der Waals surface area contributed by atoms with Gasteiger partial charge in [0.2, 0.25) is 11.8 Å². The number of carbonyl (C=O) groups excluding carboxylic acids is 5. The summed E-state index contributed by atoms with van der Waals surface area (Å²) in [6.45, 7) is 2.34. The highest BCUT2D eigenvalue weighted by Crippen LogP contribution is 2.38. The maximum absolute atomic E-state index is 12.5. The van der Waals surface area contributed by atoms with Gasteiger partial charge in [0.25, 0.3) is 5.91 Å². The van der Waals surface area contributed by atoms with Crippen LogP contribution in [-0.2, 0) is 23.9 Å². The van der Waals surface area contributed by atoms with Crippen LogP contribution in [0.5, 0.6) is 0 Å². The molecule has 0 aromatic heterocycles. The predicted molar refractivity (Wildman–Crippen MR) is 103 cm³/mol. The number of anilines is 1. The van der Waals surface area contributed by atoms with Crippen molar-refractivity contribution in [1.29, 1.82) is 0 Å². The topological polar surface area (TPSA) is 110 Å². The van der Waals surface area contributed by atoms with Crippen LogP contribution in [0.1, 0.15) is 49.9 Å². The predicted octanol–water partition coefficient (Wildman–Crippen LogP) is 1.93. The molecule has 3 amide bonds. The Hall–Kier alpha value is -3.03. The lowest BCUT2D eigenvalue weighted by atomic mass is 9.81. The van der Waals surface area contributed by atoms with Crippen LogP contribution in [0.4, 0.5) is 5.69 Å². The smallest absolute Gasteiger partial charge is 0.329 e. The lowest BCUT2D eigenvalue weighted by Crippen LogP contribution is -2.45. The number of hydrogen-bond donors (Lipinski definition) is 1. The van der Waals surface area contributed by atoms with Crippen molar-refractivity contribution in [1.82, 2.24) is 4.90 Å². The maximum Gasteiger partial charge on any atom is 0.329 e. The van der Waals surface area contributed by atoms with Crippen LogP contribution in [0.3, 0.4) is 0 Å². The van der Waals surface area contributed by atoms with Crippen LogP contribution < -0.4 is 5.32 Å². The van der Waals surface area contributed by atoms with Gasteiger partial charge in [0, 0.05) is 11.3 Å². The minimum atomic E-state index is -1.07. The zero-order valence-electron chi connectivity index (χ0n) is 16.5. The van der Waals surface area contributed by atoms with Gasteiger partial charge in [-0.1, -0.05) is 12.8 Å². The second-order valence-electron chi connectivity index (χ2n) is 7.51. The molecule has 1 N–H and O–H groups in total. The molecule has 1 aliphatic heterocycles. The number of nitrogens with one attached hydrogen (secondary N) is 1. The van der Waals surface area contributed by atoms with Gasteiger partial charge in [0.05, 0.1) is 11.8 Å². The van der Waals surface area contributed by atoms with Gasteiger partial charge in [-0.3, -0.25) is 24.1 Å². The Bertz CT molecular complexity index is 823. The molecule has 0 unspecified atom stereocenters. The van der Waals surface area contributed by atoms with Crippen molar-refractivity contribution in [2.24, 2.45) is 11.8 Å². The molecule has 1 aliphatic carbocycles. The summed E-state index contributed by atoms with van der Waals surface area (Å²) in [7, 11) is 0. The molecule has 0 bridgehead atoms. The van der Waals surface area contributed by atoms with Crippen molar-refractivity contribution < 1.29 is 28.7 Å². The highest BCUT2D eigenvalue weighted by Gasteiger charge is 2.51. The molecule has 154 valence electrons. The minimum Gasteiger partial charge on any atom is -0.454 e. The number of amides is 3. The molecule has 8 nitrogen and oxygen atoms in total. The molecule has 3 rings (SSSR count). The third kappa shape index (κ3) is 4.36. The number of fused-ring (bicyclic) bond motifs is 1. The fourth-order valence-corrected chi connectivity index (χ4v) is 3.92. The summed E-state index contributed by atoms with van der Waals surface area (Å²) in [5, 5.41) is 2.56. The molecule has 0 spiro atoms. The average Bonchev–Trinajstić information content (AvgIpc) is 2.96. The van der Waals surface area contributed by atoms with Crippen molar-refractivity contribution in [3.05, 3.63) is 29.8 Å². The molecule has 2 fully saturated rings. The summed E-state index contributed by atoms with van der Waals surface area (Å²) >= 11 is 0. The molecule has 1 saturated heterocycles. The molecular weight excluding hydrogens is 376 g/mol. The van der Waals surface area contributed by atoms with E-state index in [9.17, 15) is 24.0 Å². The standard InChI is InChI=1S/C21H24N2O6/c1-12(23-19(26)16-5-3-4-6-17(16)20(23)27)21(28)29-11-18(25)22-15-9-7-14(8-10-15)13(2)24/h7-10,12,16-17H,3-6,11H2,1-2H3,(H,22,25)/t12-,16-,17-/m0/s1. The maximum atomic E-state index is 12.5. The second-order valence-corrected chi connectivity index (χ2v) is 7.51. The number of carbonyl (C=O) groups is 5. The Labute approximate surface area is 168 Å². The molecule has 1 aromatic rings. The van der Waals surface area contributed by atoms with Gasteiger partial charge in [-0.25, -0.2) is 4.79 Å². The van der Waals surface area contributed by atoms with Gasteiger partial charge in [-0.05, 0) is 51.0 Å². The van der Waals surface area contributed by atoms with E-state index in [-0.39, 0.29) is 29.4 Å². The molecule has 1 saturated carbocycles. The number of hydrogen-bond acceptors (Lipinski definition) is 6. The fraction of sp³-hybridized carbons (Fsp3) is 0.476. The summed E-state index contributed by atoms with van der Waals surface area (Å²) in [5.74, 6) is -2.77. The van der Waals surface area contributed by atoms with E-state index in [0.717, 1.165) is 17.7 Å². The third-order valence-electron chi connectivity index (χ3n) is 5.52. The summed E-state index contributed by atoms with van der Waals surface area (Å²) in [6, 6.07) is 5.24. The SMILES string of the molecule is CC(=O)c1ccc(NC(=O)COC(=O)[C@H](C)N2C(=O)[C@H]3CCCC[C@@H]3C2=O)cc1. The van der Waals surface area contributed by atoms with Crippen molar-refractivity contribution in [3.63, 3.8) is 0 Å². The van der Waals surface area contributed by atoms with Gasteiger partial charge >= 0.3 is 5.97 Å². The fourth-order valence-electron chi connectivity index (χ4n) is 3.92. The first-order valence-corrected chi connectivity index (χ1v) is 9.74. The average molecular weight is 400 g/mol. The molecule has 0 radical (unpaired) electrons. The molecule has 2 aliphatic rings. The van der Waals surface area contributed by atoms with Gasteiger partial charge in [-0.2, -0.15) is 0 Å². The van der Waals surface area contributed by atoms with Crippen LogP contribution in [0.25, 0.3) is 0 Å². The largest absolute Gasteiger partial charge is 0.454 e. The van der Waals surface area contributed by atoms with Gasteiger partial charge < -0.3 is 10.1 Å². The summed E-state index contributed by atoms with van der Waals surface area (Å²) < 4.78 is 5.01. The molecule has 3 atom stereocenters. The Morgan fingerprint density at radius 1 is 1.07 bits per heavy atom. The van der Waals surface area contributed by atoms with Crippen LogP contribution in [-0.4, -0.2) is 47.0 Å². The number of esters is 1. The van der Waals surface area contributed by atoms with E-state index in [1.165, 1.54) is 13.8 Å². The first kappa shape index (κ1) is 20.7. The van der Waals surface area contributed by atoms with Crippen molar-refractivity contribution in [2.45, 2.75) is 45.6 Å². The molecule has 1 aromatic carbocycles. The summed E-state index contributed by atoms with van der Waals surface area (Å²) in [4.78, 5) is 61.7. The number of ketones is 1. The number of Topliss-reactive ketones (excluding diaryl/α,β-unsaturated/α-hetero) is 1. The van der Waals surface area contributed by atoms with Crippen LogP contribution in [0.2, 0.25) is 0 Å². The number of nitrogens with zero attached hydrogens (tertiary/aromatic N) is 1. The monoisotopic (exact) mass is 400 g/mol. The number of benzene rings is 1. The van der Waals surface area contributed by atoms with E-state index in [2.05, 4.69) is 5.32 Å². The van der Waals surface area contributed by atoms with Crippen LogP contribution >= 0.6 is 0 Å². The highest BCUT2D eigenvalue weighted by atomic mass is 16.5. The minimum absolute atomic E-state index is 0.0864.